The molecule has 0 N–H and O–H groups in total. The van der Waals surface area contributed by atoms with Crippen molar-refractivity contribution in [3.05, 3.63) is 42.2 Å². The van der Waals surface area contributed by atoms with Crippen molar-refractivity contribution >= 4 is 11.8 Å². The number of aromatic nitrogens is 1. The topological polar surface area (TPSA) is 79.8 Å². The molecule has 1 saturated heterocycles. The fraction of sp³-hybridized carbons (Fsp3) is 0.308. The van der Waals surface area contributed by atoms with Gasteiger partial charge in [-0.25, -0.2) is 0 Å². The fourth-order valence-corrected chi connectivity index (χ4v) is 2.15. The molecule has 7 heteroatoms. The average molecular weight is 275 g/mol. The number of nitrogens with zero attached hydrogens (tertiary/aromatic N) is 3. The van der Waals surface area contributed by atoms with Crippen molar-refractivity contribution in [1.29, 1.82) is 0 Å². The Morgan fingerprint density at radius 3 is 2.25 bits per heavy atom. The Hall–Kier alpha value is -2.57. The molecule has 2 aromatic rings. The van der Waals surface area contributed by atoms with Gasteiger partial charge < -0.3 is 18.7 Å². The highest BCUT2D eigenvalue weighted by molar-refractivity contribution is 5.93. The van der Waals surface area contributed by atoms with E-state index in [2.05, 4.69) is 9.68 Å². The Labute approximate surface area is 114 Å². The predicted molar refractivity (Wildman–Crippen MR) is 67.0 cm³/mol. The Balaban J connectivity index is 1.60. The third-order valence-corrected chi connectivity index (χ3v) is 3.24. The van der Waals surface area contributed by atoms with E-state index < -0.39 is 0 Å². The van der Waals surface area contributed by atoms with Crippen molar-refractivity contribution in [1.82, 2.24) is 15.0 Å². The standard InChI is InChI=1S/C13H13N3O4/c17-12(10-3-9-20-14-10)15-4-6-16(7-5-15)13(18)11-2-1-8-19-11/h1-3,8-9H,4-7H2. The van der Waals surface area contributed by atoms with Crippen molar-refractivity contribution < 1.29 is 18.5 Å². The van der Waals surface area contributed by atoms with Crippen LogP contribution in [0.3, 0.4) is 0 Å². The molecule has 1 fully saturated rings. The maximum Gasteiger partial charge on any atom is 0.289 e. The molecule has 0 spiro atoms. The van der Waals surface area contributed by atoms with E-state index in [1.54, 1.807) is 21.9 Å². The molecule has 1 aliphatic rings. The predicted octanol–water partition coefficient (Wildman–Crippen LogP) is 0.866. The van der Waals surface area contributed by atoms with Crippen molar-refractivity contribution in [2.24, 2.45) is 0 Å². The molecule has 3 heterocycles. The Morgan fingerprint density at radius 1 is 1.00 bits per heavy atom. The van der Waals surface area contributed by atoms with Crippen LogP contribution in [0.25, 0.3) is 0 Å². The summed E-state index contributed by atoms with van der Waals surface area (Å²) in [5, 5.41) is 3.62. The number of rotatable bonds is 2. The lowest BCUT2D eigenvalue weighted by atomic mass is 10.2. The monoisotopic (exact) mass is 275 g/mol. The molecular formula is C13H13N3O4. The largest absolute Gasteiger partial charge is 0.459 e. The summed E-state index contributed by atoms with van der Waals surface area (Å²) in [6.45, 7) is 1.89. The van der Waals surface area contributed by atoms with E-state index in [0.29, 0.717) is 31.9 Å². The van der Waals surface area contributed by atoms with Gasteiger partial charge in [0.25, 0.3) is 11.8 Å². The number of furan rings is 1. The Kier molecular flexibility index (Phi) is 3.24. The number of piperazine rings is 1. The fourth-order valence-electron chi connectivity index (χ4n) is 2.15. The summed E-state index contributed by atoms with van der Waals surface area (Å²) in [6, 6.07) is 4.84. The summed E-state index contributed by atoms with van der Waals surface area (Å²) in [7, 11) is 0. The maximum atomic E-state index is 12.1. The number of carbonyl (C=O) groups excluding carboxylic acids is 2. The van der Waals surface area contributed by atoms with Crippen molar-refractivity contribution in [2.45, 2.75) is 0 Å². The quantitative estimate of drug-likeness (QED) is 0.812. The number of hydrogen-bond donors (Lipinski definition) is 0. The summed E-state index contributed by atoms with van der Waals surface area (Å²) in [6.07, 6.45) is 2.83. The van der Waals surface area contributed by atoms with Gasteiger partial charge in [0.1, 0.15) is 6.26 Å². The first kappa shape index (κ1) is 12.5. The molecule has 0 aliphatic carbocycles. The van der Waals surface area contributed by atoms with Gasteiger partial charge in [-0.05, 0) is 12.1 Å². The highest BCUT2D eigenvalue weighted by atomic mass is 16.5. The molecular weight excluding hydrogens is 262 g/mol. The summed E-state index contributed by atoms with van der Waals surface area (Å²) < 4.78 is 9.75. The lowest BCUT2D eigenvalue weighted by Crippen LogP contribution is -2.50. The van der Waals surface area contributed by atoms with Gasteiger partial charge in [0.2, 0.25) is 0 Å². The first-order chi connectivity index (χ1) is 9.75. The van der Waals surface area contributed by atoms with E-state index in [1.165, 1.54) is 18.6 Å². The highest BCUT2D eigenvalue weighted by Gasteiger charge is 2.27. The van der Waals surface area contributed by atoms with Gasteiger partial charge in [-0.2, -0.15) is 0 Å². The molecule has 0 bridgehead atoms. The van der Waals surface area contributed by atoms with Gasteiger partial charge in [-0.1, -0.05) is 5.16 Å². The molecule has 104 valence electrons. The molecule has 0 atom stereocenters. The third kappa shape index (κ3) is 2.29. The maximum absolute atomic E-state index is 12.1. The smallest absolute Gasteiger partial charge is 0.289 e. The van der Waals surface area contributed by atoms with Gasteiger partial charge in [-0.3, -0.25) is 9.59 Å². The summed E-state index contributed by atoms with van der Waals surface area (Å²) >= 11 is 0. The first-order valence-electron chi connectivity index (χ1n) is 6.28. The Morgan fingerprint density at radius 2 is 1.70 bits per heavy atom. The van der Waals surface area contributed by atoms with Crippen molar-refractivity contribution in [2.75, 3.05) is 26.2 Å². The average Bonchev–Trinajstić information content (AvgIpc) is 3.18. The summed E-state index contributed by atoms with van der Waals surface area (Å²) in [4.78, 5) is 27.4. The molecule has 0 unspecified atom stereocenters. The van der Waals surface area contributed by atoms with Gasteiger partial charge in [0, 0.05) is 32.2 Å². The Bertz CT molecular complexity index is 529. The summed E-state index contributed by atoms with van der Waals surface area (Å²) in [5.41, 5.74) is 0.288. The van der Waals surface area contributed by atoms with Crippen LogP contribution >= 0.6 is 0 Å². The zero-order chi connectivity index (χ0) is 13.9. The van der Waals surface area contributed by atoms with Crippen LogP contribution in [0.4, 0.5) is 0 Å². The minimum absolute atomic E-state index is 0.150. The number of amides is 2. The lowest BCUT2D eigenvalue weighted by Gasteiger charge is -2.33. The second-order valence-electron chi connectivity index (χ2n) is 4.45. The molecule has 0 saturated carbocycles. The van der Waals surface area contributed by atoms with Gasteiger partial charge in [-0.15, -0.1) is 0 Å². The molecule has 0 aromatic carbocycles. The zero-order valence-corrected chi connectivity index (χ0v) is 10.7. The van der Waals surface area contributed by atoms with Crippen LogP contribution in [-0.4, -0.2) is 52.9 Å². The van der Waals surface area contributed by atoms with E-state index in [-0.39, 0.29) is 17.5 Å². The van der Waals surface area contributed by atoms with Crippen LogP contribution in [0.1, 0.15) is 21.0 Å². The zero-order valence-electron chi connectivity index (χ0n) is 10.7. The van der Waals surface area contributed by atoms with E-state index >= 15 is 0 Å². The molecule has 20 heavy (non-hydrogen) atoms. The van der Waals surface area contributed by atoms with Gasteiger partial charge in [0.15, 0.2) is 11.5 Å². The lowest BCUT2D eigenvalue weighted by molar-refractivity contribution is 0.0513. The third-order valence-electron chi connectivity index (χ3n) is 3.24. The molecule has 2 aromatic heterocycles. The van der Waals surface area contributed by atoms with E-state index in [9.17, 15) is 9.59 Å². The summed E-state index contributed by atoms with van der Waals surface area (Å²) in [5.74, 6) is -0.00587. The van der Waals surface area contributed by atoms with Crippen LogP contribution in [0, 0.1) is 0 Å². The van der Waals surface area contributed by atoms with Crippen molar-refractivity contribution in [3.63, 3.8) is 0 Å². The minimum atomic E-state index is -0.177. The van der Waals surface area contributed by atoms with E-state index in [0.717, 1.165) is 0 Å². The van der Waals surface area contributed by atoms with Crippen LogP contribution in [0.2, 0.25) is 0 Å². The van der Waals surface area contributed by atoms with E-state index in [4.69, 9.17) is 4.42 Å². The van der Waals surface area contributed by atoms with Gasteiger partial charge >= 0.3 is 0 Å². The normalized spacial score (nSPS) is 15.4. The molecule has 0 radical (unpaired) electrons. The second kappa shape index (κ2) is 5.20. The number of hydrogen-bond acceptors (Lipinski definition) is 5. The molecule has 1 aliphatic heterocycles. The molecule has 2 amide bonds. The van der Waals surface area contributed by atoms with Gasteiger partial charge in [0.05, 0.1) is 6.26 Å². The van der Waals surface area contributed by atoms with Crippen LogP contribution in [0.5, 0.6) is 0 Å². The first-order valence-corrected chi connectivity index (χ1v) is 6.28. The number of carbonyl (C=O) groups is 2. The second-order valence-corrected chi connectivity index (χ2v) is 4.45. The SMILES string of the molecule is O=C(c1ccon1)N1CCN(C(=O)c2ccco2)CC1. The van der Waals surface area contributed by atoms with Crippen LogP contribution in [-0.2, 0) is 0 Å². The molecule has 7 nitrogen and oxygen atoms in total. The van der Waals surface area contributed by atoms with Crippen molar-refractivity contribution in [3.8, 4) is 0 Å². The van der Waals surface area contributed by atoms with Crippen LogP contribution < -0.4 is 0 Å². The molecule has 3 rings (SSSR count). The highest BCUT2D eigenvalue weighted by Crippen LogP contribution is 2.11. The minimum Gasteiger partial charge on any atom is -0.459 e. The van der Waals surface area contributed by atoms with Crippen LogP contribution in [0.15, 0.2) is 39.7 Å². The van der Waals surface area contributed by atoms with E-state index in [1.807, 2.05) is 0 Å².